The first-order valence-corrected chi connectivity index (χ1v) is 6.94. The molecule has 0 radical (unpaired) electrons. The maximum absolute atomic E-state index is 12.9. The molecule has 1 nitrogen and oxygen atoms in total. The van der Waals surface area contributed by atoms with E-state index in [1.807, 2.05) is 19.2 Å². The van der Waals surface area contributed by atoms with E-state index in [2.05, 4.69) is 52.2 Å². The Morgan fingerprint density at radius 3 is 2.22 bits per heavy atom. The molecule has 0 fully saturated rings. The summed E-state index contributed by atoms with van der Waals surface area (Å²) in [6, 6.07) is 15.4. The van der Waals surface area contributed by atoms with Crippen LogP contribution >= 0.6 is 22.6 Å². The molecule has 0 bridgehead atoms. The highest BCUT2D eigenvalue weighted by Gasteiger charge is 2.09. The lowest BCUT2D eigenvalue weighted by molar-refractivity contribution is 0.589. The smallest absolute Gasteiger partial charge is 0.123 e. The standard InChI is InChI=1S/C15H15FIN/c1-18-15(12-4-8-14(17)9-5-12)10-11-2-6-13(16)7-3-11/h2-9,15,18H,10H2,1H3. The highest BCUT2D eigenvalue weighted by atomic mass is 127. The zero-order chi connectivity index (χ0) is 13.0. The molecule has 18 heavy (non-hydrogen) atoms. The van der Waals surface area contributed by atoms with Gasteiger partial charge in [-0.25, -0.2) is 4.39 Å². The first kappa shape index (κ1) is 13.5. The fraction of sp³-hybridized carbons (Fsp3) is 0.200. The van der Waals surface area contributed by atoms with E-state index >= 15 is 0 Å². The fourth-order valence-corrected chi connectivity index (χ4v) is 2.30. The van der Waals surface area contributed by atoms with Crippen LogP contribution in [0.2, 0.25) is 0 Å². The summed E-state index contributed by atoms with van der Waals surface area (Å²) in [4.78, 5) is 0. The molecule has 1 unspecified atom stereocenters. The van der Waals surface area contributed by atoms with E-state index in [-0.39, 0.29) is 11.9 Å². The van der Waals surface area contributed by atoms with Crippen molar-refractivity contribution in [2.75, 3.05) is 7.05 Å². The maximum atomic E-state index is 12.9. The minimum absolute atomic E-state index is 0.186. The summed E-state index contributed by atoms with van der Waals surface area (Å²) in [5.74, 6) is -0.186. The lowest BCUT2D eigenvalue weighted by Gasteiger charge is -2.17. The zero-order valence-corrected chi connectivity index (χ0v) is 12.3. The van der Waals surface area contributed by atoms with Crippen molar-refractivity contribution < 1.29 is 4.39 Å². The Balaban J connectivity index is 2.14. The van der Waals surface area contributed by atoms with Crippen LogP contribution in [0.4, 0.5) is 4.39 Å². The third kappa shape index (κ3) is 3.53. The Hall–Kier alpha value is -0.940. The second-order valence-electron chi connectivity index (χ2n) is 4.22. The predicted molar refractivity (Wildman–Crippen MR) is 81.1 cm³/mol. The van der Waals surface area contributed by atoms with E-state index in [9.17, 15) is 4.39 Å². The third-order valence-electron chi connectivity index (χ3n) is 2.97. The maximum Gasteiger partial charge on any atom is 0.123 e. The molecule has 1 N–H and O–H groups in total. The van der Waals surface area contributed by atoms with E-state index in [1.54, 1.807) is 0 Å². The molecule has 0 aliphatic carbocycles. The van der Waals surface area contributed by atoms with Crippen LogP contribution in [-0.4, -0.2) is 7.05 Å². The van der Waals surface area contributed by atoms with Gasteiger partial charge in [-0.1, -0.05) is 24.3 Å². The van der Waals surface area contributed by atoms with Gasteiger partial charge in [-0.3, -0.25) is 0 Å². The number of benzene rings is 2. The molecule has 1 atom stereocenters. The van der Waals surface area contributed by atoms with Gasteiger partial charge >= 0.3 is 0 Å². The number of likely N-dealkylation sites (N-methyl/N-ethyl adjacent to an activating group) is 1. The quantitative estimate of drug-likeness (QED) is 0.820. The fourth-order valence-electron chi connectivity index (χ4n) is 1.94. The monoisotopic (exact) mass is 355 g/mol. The average molecular weight is 355 g/mol. The Morgan fingerprint density at radius 2 is 1.67 bits per heavy atom. The Morgan fingerprint density at radius 1 is 1.06 bits per heavy atom. The molecule has 0 heterocycles. The van der Waals surface area contributed by atoms with Crippen LogP contribution in [0.3, 0.4) is 0 Å². The normalized spacial score (nSPS) is 12.4. The second-order valence-corrected chi connectivity index (χ2v) is 5.47. The second kappa shape index (κ2) is 6.29. The van der Waals surface area contributed by atoms with Crippen LogP contribution in [0.25, 0.3) is 0 Å². The van der Waals surface area contributed by atoms with Crippen LogP contribution in [0, 0.1) is 9.39 Å². The van der Waals surface area contributed by atoms with Gasteiger partial charge in [-0.05, 0) is 71.5 Å². The van der Waals surface area contributed by atoms with Crippen molar-refractivity contribution in [3.63, 3.8) is 0 Å². The molecule has 2 rings (SSSR count). The predicted octanol–water partition coefficient (Wildman–Crippen LogP) is 3.93. The summed E-state index contributed by atoms with van der Waals surface area (Å²) in [6.45, 7) is 0. The van der Waals surface area contributed by atoms with Crippen LogP contribution in [-0.2, 0) is 6.42 Å². The van der Waals surface area contributed by atoms with E-state index in [0.29, 0.717) is 0 Å². The van der Waals surface area contributed by atoms with Crippen molar-refractivity contribution in [1.82, 2.24) is 5.32 Å². The highest BCUT2D eigenvalue weighted by molar-refractivity contribution is 14.1. The van der Waals surface area contributed by atoms with E-state index in [1.165, 1.54) is 21.3 Å². The minimum Gasteiger partial charge on any atom is -0.313 e. The first-order chi connectivity index (χ1) is 8.69. The molecular formula is C15H15FIN. The molecule has 0 aliphatic heterocycles. The molecule has 0 aromatic heterocycles. The van der Waals surface area contributed by atoms with Gasteiger partial charge in [-0.2, -0.15) is 0 Å². The van der Waals surface area contributed by atoms with Crippen molar-refractivity contribution in [3.05, 3.63) is 69.0 Å². The minimum atomic E-state index is -0.186. The Labute approximate surface area is 121 Å². The van der Waals surface area contributed by atoms with Crippen molar-refractivity contribution in [3.8, 4) is 0 Å². The topological polar surface area (TPSA) is 12.0 Å². The SMILES string of the molecule is CNC(Cc1ccc(F)cc1)c1ccc(I)cc1. The number of rotatable bonds is 4. The summed E-state index contributed by atoms with van der Waals surface area (Å²) < 4.78 is 14.1. The molecule has 94 valence electrons. The van der Waals surface area contributed by atoms with Gasteiger partial charge in [0.2, 0.25) is 0 Å². The molecule has 2 aromatic rings. The van der Waals surface area contributed by atoms with Crippen molar-refractivity contribution >= 4 is 22.6 Å². The van der Waals surface area contributed by atoms with Crippen LogP contribution in [0.5, 0.6) is 0 Å². The number of halogens is 2. The summed E-state index contributed by atoms with van der Waals surface area (Å²) in [7, 11) is 1.95. The van der Waals surface area contributed by atoms with Crippen molar-refractivity contribution in [2.24, 2.45) is 0 Å². The van der Waals surface area contributed by atoms with Gasteiger partial charge in [0.1, 0.15) is 5.82 Å². The summed E-state index contributed by atoms with van der Waals surface area (Å²) in [5, 5.41) is 3.30. The van der Waals surface area contributed by atoms with Crippen LogP contribution in [0.1, 0.15) is 17.2 Å². The summed E-state index contributed by atoms with van der Waals surface area (Å²) in [6.07, 6.45) is 0.859. The van der Waals surface area contributed by atoms with Gasteiger partial charge in [0.05, 0.1) is 0 Å². The van der Waals surface area contributed by atoms with E-state index < -0.39 is 0 Å². The molecule has 2 aromatic carbocycles. The average Bonchev–Trinajstić information content (AvgIpc) is 2.39. The van der Waals surface area contributed by atoms with Gasteiger partial charge < -0.3 is 5.32 Å². The van der Waals surface area contributed by atoms with Crippen LogP contribution in [0.15, 0.2) is 48.5 Å². The Bertz CT molecular complexity index is 493. The Kier molecular flexibility index (Phi) is 4.72. The van der Waals surface area contributed by atoms with Gasteiger partial charge in [0, 0.05) is 9.61 Å². The molecular weight excluding hydrogens is 340 g/mol. The number of hydrogen-bond donors (Lipinski definition) is 1. The van der Waals surface area contributed by atoms with Crippen LogP contribution < -0.4 is 5.32 Å². The lowest BCUT2D eigenvalue weighted by atomic mass is 9.99. The number of hydrogen-bond acceptors (Lipinski definition) is 1. The van der Waals surface area contributed by atoms with E-state index in [0.717, 1.165) is 12.0 Å². The summed E-state index contributed by atoms with van der Waals surface area (Å²) in [5.41, 5.74) is 2.39. The number of nitrogens with one attached hydrogen (secondary N) is 1. The summed E-state index contributed by atoms with van der Waals surface area (Å²) >= 11 is 2.30. The van der Waals surface area contributed by atoms with Gasteiger partial charge in [0.25, 0.3) is 0 Å². The van der Waals surface area contributed by atoms with Gasteiger partial charge in [-0.15, -0.1) is 0 Å². The zero-order valence-electron chi connectivity index (χ0n) is 10.2. The molecule has 0 amide bonds. The van der Waals surface area contributed by atoms with Crippen molar-refractivity contribution in [2.45, 2.75) is 12.5 Å². The molecule has 0 aliphatic rings. The first-order valence-electron chi connectivity index (χ1n) is 5.86. The lowest BCUT2D eigenvalue weighted by Crippen LogP contribution is -2.18. The molecule has 0 saturated heterocycles. The van der Waals surface area contributed by atoms with Gasteiger partial charge in [0.15, 0.2) is 0 Å². The largest absolute Gasteiger partial charge is 0.313 e. The molecule has 0 spiro atoms. The molecule has 0 saturated carbocycles. The van der Waals surface area contributed by atoms with Crippen molar-refractivity contribution in [1.29, 1.82) is 0 Å². The third-order valence-corrected chi connectivity index (χ3v) is 3.69. The highest BCUT2D eigenvalue weighted by Crippen LogP contribution is 2.19. The molecule has 3 heteroatoms. The van der Waals surface area contributed by atoms with E-state index in [4.69, 9.17) is 0 Å².